The molecule has 3 aromatic rings. The van der Waals surface area contributed by atoms with E-state index >= 15 is 0 Å². The summed E-state index contributed by atoms with van der Waals surface area (Å²) in [5.74, 6) is -1.18. The summed E-state index contributed by atoms with van der Waals surface area (Å²) in [7, 11) is 0. The highest BCUT2D eigenvalue weighted by molar-refractivity contribution is 6.40. The number of carboxylic acid groups (broad SMARTS) is 1. The average molecular weight is 579 g/mol. The van der Waals surface area contributed by atoms with Crippen LogP contribution in [0.25, 0.3) is 0 Å². The third-order valence-corrected chi connectivity index (χ3v) is 7.42. The highest BCUT2D eigenvalue weighted by atomic mass is 35.5. The number of carbonyl (C=O) groups is 3. The molecule has 1 aliphatic carbocycles. The van der Waals surface area contributed by atoms with Crippen LogP contribution in [0.1, 0.15) is 69.6 Å². The van der Waals surface area contributed by atoms with Crippen molar-refractivity contribution >= 4 is 52.6 Å². The van der Waals surface area contributed by atoms with E-state index in [2.05, 4.69) is 20.7 Å². The van der Waals surface area contributed by atoms with Crippen LogP contribution >= 0.6 is 34.8 Å². The van der Waals surface area contributed by atoms with Crippen molar-refractivity contribution in [2.75, 3.05) is 6.54 Å². The van der Waals surface area contributed by atoms with Crippen LogP contribution in [0.5, 0.6) is 0 Å². The van der Waals surface area contributed by atoms with Crippen LogP contribution in [0.4, 0.5) is 0 Å². The van der Waals surface area contributed by atoms with Gasteiger partial charge in [0.1, 0.15) is 6.04 Å². The second-order valence-corrected chi connectivity index (χ2v) is 10.3. The quantitative estimate of drug-likeness (QED) is 0.372. The number of halogens is 3. The first-order valence-electron chi connectivity index (χ1n) is 12.1. The van der Waals surface area contributed by atoms with Gasteiger partial charge in [-0.05, 0) is 67.1 Å². The summed E-state index contributed by atoms with van der Waals surface area (Å²) in [6.07, 6.45) is 5.07. The zero-order valence-electron chi connectivity index (χ0n) is 20.5. The predicted octanol–water partition coefficient (Wildman–Crippen LogP) is 5.12. The van der Waals surface area contributed by atoms with Gasteiger partial charge in [-0.3, -0.25) is 9.59 Å². The lowest BCUT2D eigenvalue weighted by Gasteiger charge is -2.30. The Morgan fingerprint density at radius 3 is 2.47 bits per heavy atom. The number of carbonyl (C=O) groups excluding carboxylic acids is 2. The number of fused-ring (bicyclic) bond motifs is 1. The topological polar surface area (TPSA) is 128 Å². The predicted molar refractivity (Wildman–Crippen MR) is 144 cm³/mol. The molecule has 9 nitrogen and oxygen atoms in total. The lowest BCUT2D eigenvalue weighted by Crippen LogP contribution is -2.41. The molecular formula is C26H26Cl3N5O4. The van der Waals surface area contributed by atoms with Crippen molar-refractivity contribution in [2.45, 2.75) is 51.1 Å². The van der Waals surface area contributed by atoms with Gasteiger partial charge in [-0.2, -0.15) is 15.4 Å². The number of nitrogens with zero attached hydrogens (tertiary/aromatic N) is 3. The van der Waals surface area contributed by atoms with Gasteiger partial charge < -0.3 is 15.3 Å². The van der Waals surface area contributed by atoms with Crippen LogP contribution < -0.4 is 5.32 Å². The van der Waals surface area contributed by atoms with E-state index in [1.165, 1.54) is 12.8 Å². The summed E-state index contributed by atoms with van der Waals surface area (Å²) in [5.41, 5.74) is 3.18. The molecule has 38 heavy (non-hydrogen) atoms. The molecule has 3 N–H and O–H groups in total. The summed E-state index contributed by atoms with van der Waals surface area (Å²) in [6, 6.07) is 7.23. The molecule has 1 atom stereocenters. The fourth-order valence-electron chi connectivity index (χ4n) is 4.16. The SMILES string of the molecule is CC[C@H](NC(=O)c1c(Cl)cc2c(c1Cl)CCN(C(=O)c1ccc(Cl)cc1)C2)C(=O)O.c1n[nH]nc1C1CC1. The summed E-state index contributed by atoms with van der Waals surface area (Å²) >= 11 is 18.7. The van der Waals surface area contributed by atoms with E-state index in [1.807, 2.05) is 0 Å². The van der Waals surface area contributed by atoms with Gasteiger partial charge in [-0.1, -0.05) is 41.7 Å². The first kappa shape index (κ1) is 27.9. The third-order valence-electron chi connectivity index (χ3n) is 6.45. The minimum absolute atomic E-state index is 0.0502. The highest BCUT2D eigenvalue weighted by Crippen LogP contribution is 2.38. The van der Waals surface area contributed by atoms with Crippen LogP contribution in [0, 0.1) is 0 Å². The van der Waals surface area contributed by atoms with Gasteiger partial charge >= 0.3 is 5.97 Å². The lowest BCUT2D eigenvalue weighted by atomic mass is 9.96. The van der Waals surface area contributed by atoms with E-state index in [9.17, 15) is 14.4 Å². The van der Waals surface area contributed by atoms with Crippen LogP contribution in [-0.2, 0) is 17.8 Å². The fourth-order valence-corrected chi connectivity index (χ4v) is 5.05. The molecule has 1 fully saturated rings. The largest absolute Gasteiger partial charge is 0.480 e. The van der Waals surface area contributed by atoms with Gasteiger partial charge in [-0.25, -0.2) is 4.79 Å². The Bertz CT molecular complexity index is 1330. The van der Waals surface area contributed by atoms with Crippen molar-refractivity contribution in [3.63, 3.8) is 0 Å². The van der Waals surface area contributed by atoms with Crippen LogP contribution in [0.2, 0.25) is 15.1 Å². The maximum absolute atomic E-state index is 12.8. The Morgan fingerprint density at radius 1 is 1.18 bits per heavy atom. The minimum Gasteiger partial charge on any atom is -0.480 e. The first-order chi connectivity index (χ1) is 18.2. The molecule has 0 radical (unpaired) electrons. The number of rotatable bonds is 6. The van der Waals surface area contributed by atoms with E-state index in [-0.39, 0.29) is 27.9 Å². The van der Waals surface area contributed by atoms with E-state index in [1.54, 1.807) is 48.4 Å². The number of aromatic nitrogens is 3. The molecule has 0 spiro atoms. The van der Waals surface area contributed by atoms with Crippen molar-refractivity contribution in [2.24, 2.45) is 0 Å². The Hall–Kier alpha value is -3.14. The van der Waals surface area contributed by atoms with Crippen molar-refractivity contribution in [3.05, 3.63) is 79.5 Å². The molecule has 1 aliphatic heterocycles. The average Bonchev–Trinajstić information content (AvgIpc) is 3.60. The van der Waals surface area contributed by atoms with E-state index in [4.69, 9.17) is 39.9 Å². The molecular weight excluding hydrogens is 553 g/mol. The molecule has 12 heteroatoms. The third kappa shape index (κ3) is 6.46. The van der Waals surface area contributed by atoms with Crippen LogP contribution in [0.3, 0.4) is 0 Å². The molecule has 1 aromatic heterocycles. The monoisotopic (exact) mass is 577 g/mol. The summed E-state index contributed by atoms with van der Waals surface area (Å²) in [5, 5.41) is 22.7. The number of benzene rings is 2. The number of H-pyrrole nitrogens is 1. The van der Waals surface area contributed by atoms with E-state index in [0.717, 1.165) is 22.7 Å². The van der Waals surface area contributed by atoms with Crippen molar-refractivity contribution < 1.29 is 19.5 Å². The molecule has 0 saturated heterocycles. The number of hydrogen-bond donors (Lipinski definition) is 3. The second kappa shape index (κ2) is 12.1. The second-order valence-electron chi connectivity index (χ2n) is 9.11. The van der Waals surface area contributed by atoms with E-state index < -0.39 is 17.9 Å². The Morgan fingerprint density at radius 2 is 1.89 bits per heavy atom. The van der Waals surface area contributed by atoms with E-state index in [0.29, 0.717) is 30.1 Å². The number of carboxylic acids is 1. The standard InChI is InChI=1S/C21H19Cl3N2O4.C5H7N3/c1-2-16(21(29)30)25-19(27)17-15(23)9-12-10-26(8-7-14(12)18(17)24)20(28)11-3-5-13(22)6-4-11;1-2-4(1)5-3-6-8-7-5/h3-6,9,16H,2,7-8,10H2,1H3,(H,25,27)(H,29,30);3-4H,1-2H2,(H,6,7,8)/t16-;/m0./s1. The number of nitrogens with one attached hydrogen (secondary N) is 2. The molecule has 200 valence electrons. The van der Waals surface area contributed by atoms with Gasteiger partial charge in [0.15, 0.2) is 0 Å². The number of aromatic amines is 1. The fraction of sp³-hybridized carbons (Fsp3) is 0.346. The van der Waals surface area contributed by atoms with Crippen LogP contribution in [0.15, 0.2) is 36.5 Å². The number of aliphatic carboxylic acids is 1. The van der Waals surface area contributed by atoms with Gasteiger partial charge in [0.05, 0.1) is 27.5 Å². The molecule has 2 heterocycles. The zero-order chi connectivity index (χ0) is 27.4. The molecule has 2 amide bonds. The summed E-state index contributed by atoms with van der Waals surface area (Å²) < 4.78 is 0. The normalized spacial score (nSPS) is 15.1. The molecule has 1 saturated carbocycles. The molecule has 0 unspecified atom stereocenters. The van der Waals surface area contributed by atoms with Crippen molar-refractivity contribution in [1.29, 1.82) is 0 Å². The van der Waals surface area contributed by atoms with Crippen molar-refractivity contribution in [3.8, 4) is 0 Å². The molecule has 2 aliphatic rings. The van der Waals surface area contributed by atoms with Gasteiger partial charge in [0.2, 0.25) is 0 Å². The maximum atomic E-state index is 12.8. The Balaban J connectivity index is 0.000000353. The molecule has 0 bridgehead atoms. The number of hydrogen-bond acceptors (Lipinski definition) is 5. The Kier molecular flexibility index (Phi) is 8.91. The Labute approximate surface area is 234 Å². The van der Waals surface area contributed by atoms with Crippen molar-refractivity contribution in [1.82, 2.24) is 25.6 Å². The smallest absolute Gasteiger partial charge is 0.326 e. The van der Waals surface area contributed by atoms with Crippen LogP contribution in [-0.4, -0.2) is 55.8 Å². The maximum Gasteiger partial charge on any atom is 0.326 e. The van der Waals surface area contributed by atoms with Gasteiger partial charge in [0.25, 0.3) is 11.8 Å². The van der Waals surface area contributed by atoms with Gasteiger partial charge in [-0.15, -0.1) is 0 Å². The molecule has 2 aromatic carbocycles. The summed E-state index contributed by atoms with van der Waals surface area (Å²) in [4.78, 5) is 38.3. The minimum atomic E-state index is -1.13. The zero-order valence-corrected chi connectivity index (χ0v) is 22.8. The molecule has 5 rings (SSSR count). The lowest BCUT2D eigenvalue weighted by molar-refractivity contribution is -0.139. The summed E-state index contributed by atoms with van der Waals surface area (Å²) in [6.45, 7) is 2.37. The van der Waals surface area contributed by atoms with Gasteiger partial charge in [0, 0.05) is 29.6 Å². The highest BCUT2D eigenvalue weighted by Gasteiger charge is 2.29. The first-order valence-corrected chi connectivity index (χ1v) is 13.3. The number of amides is 2.